The Labute approximate surface area is 156 Å². The van der Waals surface area contributed by atoms with Gasteiger partial charge in [0.15, 0.2) is 0 Å². The van der Waals surface area contributed by atoms with Crippen LogP contribution in [0.2, 0.25) is 0 Å². The van der Waals surface area contributed by atoms with E-state index in [1.165, 1.54) is 12.0 Å². The number of aliphatic carboxylic acids is 1. The molecule has 0 unspecified atom stereocenters. The highest BCUT2D eigenvalue weighted by Gasteiger charge is 2.10. The lowest BCUT2D eigenvalue weighted by molar-refractivity contribution is -0.137. The number of fused-ring (bicyclic) bond motifs is 1. The zero-order valence-corrected chi connectivity index (χ0v) is 16.0. The van der Waals surface area contributed by atoms with Gasteiger partial charge in [-0.2, -0.15) is 0 Å². The molecule has 2 heterocycles. The Bertz CT molecular complexity index is 551. The Morgan fingerprint density at radius 1 is 1.27 bits per heavy atom. The number of rotatable bonds is 13. The van der Waals surface area contributed by atoms with Crippen LogP contribution in [-0.2, 0) is 22.4 Å². The van der Waals surface area contributed by atoms with Gasteiger partial charge in [-0.25, -0.2) is 4.98 Å². The number of aromatic nitrogens is 1. The van der Waals surface area contributed by atoms with E-state index < -0.39 is 5.97 Å². The minimum Gasteiger partial charge on any atom is -0.481 e. The van der Waals surface area contributed by atoms with Gasteiger partial charge in [0.25, 0.3) is 0 Å². The van der Waals surface area contributed by atoms with E-state index in [4.69, 9.17) is 14.8 Å². The zero-order chi connectivity index (χ0) is 18.6. The highest BCUT2D eigenvalue weighted by atomic mass is 16.5. The van der Waals surface area contributed by atoms with Crippen LogP contribution in [0.1, 0.15) is 50.3 Å². The molecule has 6 nitrogen and oxygen atoms in total. The van der Waals surface area contributed by atoms with Crippen LogP contribution in [0.4, 0.5) is 5.82 Å². The molecule has 26 heavy (non-hydrogen) atoms. The van der Waals surface area contributed by atoms with E-state index in [1.807, 2.05) is 6.92 Å². The van der Waals surface area contributed by atoms with Crippen molar-refractivity contribution in [2.45, 2.75) is 51.9 Å². The summed E-state index contributed by atoms with van der Waals surface area (Å²) >= 11 is 0. The van der Waals surface area contributed by atoms with Crippen LogP contribution in [-0.4, -0.2) is 60.4 Å². The minimum atomic E-state index is -0.721. The summed E-state index contributed by atoms with van der Waals surface area (Å²) < 4.78 is 5.44. The standard InChI is InChI=1S/C20H33N3O3/c1-2-26-16-15-23(14-6-9-19(24)25)13-4-3-8-18-11-10-17-7-5-12-21-20(17)22-18/h10-11H,2-9,12-16H2,1H3,(H,21,22)(H,24,25). The summed E-state index contributed by atoms with van der Waals surface area (Å²) in [5.74, 6) is 0.350. The topological polar surface area (TPSA) is 74.7 Å². The van der Waals surface area contributed by atoms with Crippen molar-refractivity contribution >= 4 is 11.8 Å². The van der Waals surface area contributed by atoms with Gasteiger partial charge in [0.1, 0.15) is 5.82 Å². The van der Waals surface area contributed by atoms with Crippen molar-refractivity contribution in [1.82, 2.24) is 9.88 Å². The summed E-state index contributed by atoms with van der Waals surface area (Å²) in [4.78, 5) is 17.8. The molecule has 1 aromatic rings. The molecule has 0 atom stereocenters. The molecule has 1 aromatic heterocycles. The van der Waals surface area contributed by atoms with Crippen LogP contribution in [0.3, 0.4) is 0 Å². The number of anilines is 1. The van der Waals surface area contributed by atoms with Crippen LogP contribution in [0.25, 0.3) is 0 Å². The summed E-state index contributed by atoms with van der Waals surface area (Å²) in [6, 6.07) is 4.37. The van der Waals surface area contributed by atoms with Crippen LogP contribution in [0.5, 0.6) is 0 Å². The quantitative estimate of drug-likeness (QED) is 0.525. The number of pyridine rings is 1. The van der Waals surface area contributed by atoms with Crippen molar-refractivity contribution in [1.29, 1.82) is 0 Å². The molecule has 0 fully saturated rings. The highest BCUT2D eigenvalue weighted by molar-refractivity contribution is 5.66. The van der Waals surface area contributed by atoms with Crippen molar-refractivity contribution in [2.24, 2.45) is 0 Å². The molecular weight excluding hydrogens is 330 g/mol. The Balaban J connectivity index is 1.70. The smallest absolute Gasteiger partial charge is 0.303 e. The summed E-state index contributed by atoms with van der Waals surface area (Å²) in [7, 11) is 0. The van der Waals surface area contributed by atoms with Gasteiger partial charge in [0.2, 0.25) is 0 Å². The first-order chi connectivity index (χ1) is 12.7. The number of nitrogens with zero attached hydrogens (tertiary/aromatic N) is 2. The summed E-state index contributed by atoms with van der Waals surface area (Å²) in [5.41, 5.74) is 2.49. The molecule has 146 valence electrons. The number of hydrogen-bond acceptors (Lipinski definition) is 5. The fourth-order valence-electron chi connectivity index (χ4n) is 3.28. The van der Waals surface area contributed by atoms with Gasteiger partial charge in [-0.3, -0.25) is 4.79 Å². The van der Waals surface area contributed by atoms with Crippen molar-refractivity contribution in [3.8, 4) is 0 Å². The molecule has 0 amide bonds. The van der Waals surface area contributed by atoms with E-state index in [1.54, 1.807) is 0 Å². The van der Waals surface area contributed by atoms with E-state index in [2.05, 4.69) is 22.3 Å². The van der Waals surface area contributed by atoms with Gasteiger partial charge in [0.05, 0.1) is 6.61 Å². The fourth-order valence-corrected chi connectivity index (χ4v) is 3.28. The predicted octanol–water partition coefficient (Wildman–Crippen LogP) is 2.97. The van der Waals surface area contributed by atoms with E-state index in [0.717, 1.165) is 70.0 Å². The monoisotopic (exact) mass is 363 g/mol. The second-order valence-electron chi connectivity index (χ2n) is 6.83. The second-order valence-corrected chi connectivity index (χ2v) is 6.83. The Morgan fingerprint density at radius 2 is 2.12 bits per heavy atom. The molecule has 0 radical (unpaired) electrons. The average molecular weight is 364 g/mol. The molecule has 0 saturated heterocycles. The second kappa shape index (κ2) is 11.9. The molecule has 0 aromatic carbocycles. The number of ether oxygens (including phenoxy) is 1. The van der Waals surface area contributed by atoms with Gasteiger partial charge in [-0.05, 0) is 70.2 Å². The van der Waals surface area contributed by atoms with Gasteiger partial charge >= 0.3 is 5.97 Å². The molecule has 0 spiro atoms. The van der Waals surface area contributed by atoms with Gasteiger partial charge in [-0.1, -0.05) is 6.07 Å². The maximum Gasteiger partial charge on any atom is 0.303 e. The Kier molecular flexibility index (Phi) is 9.42. The summed E-state index contributed by atoms with van der Waals surface area (Å²) in [5, 5.41) is 12.2. The van der Waals surface area contributed by atoms with Gasteiger partial charge in [0, 0.05) is 31.8 Å². The number of carbonyl (C=O) groups is 1. The van der Waals surface area contributed by atoms with Crippen LogP contribution in [0, 0.1) is 0 Å². The molecule has 0 bridgehead atoms. The van der Waals surface area contributed by atoms with Crippen LogP contribution >= 0.6 is 0 Å². The lowest BCUT2D eigenvalue weighted by Gasteiger charge is -2.22. The number of unbranched alkanes of at least 4 members (excludes halogenated alkanes) is 1. The maximum absolute atomic E-state index is 10.7. The predicted molar refractivity (Wildman–Crippen MR) is 104 cm³/mol. The van der Waals surface area contributed by atoms with Crippen molar-refractivity contribution < 1.29 is 14.6 Å². The number of carboxylic acids is 1. The molecule has 0 aliphatic carbocycles. The molecule has 6 heteroatoms. The lowest BCUT2D eigenvalue weighted by Crippen LogP contribution is -2.30. The molecule has 2 N–H and O–H groups in total. The zero-order valence-electron chi connectivity index (χ0n) is 16.0. The first-order valence-corrected chi connectivity index (χ1v) is 9.93. The maximum atomic E-state index is 10.7. The molecule has 1 aliphatic heterocycles. The number of carboxylic acid groups (broad SMARTS) is 1. The minimum absolute atomic E-state index is 0.233. The van der Waals surface area contributed by atoms with Crippen LogP contribution < -0.4 is 5.32 Å². The fraction of sp³-hybridized carbons (Fsp3) is 0.700. The van der Waals surface area contributed by atoms with Crippen molar-refractivity contribution in [3.63, 3.8) is 0 Å². The lowest BCUT2D eigenvalue weighted by atomic mass is 10.1. The van der Waals surface area contributed by atoms with E-state index >= 15 is 0 Å². The number of hydrogen-bond donors (Lipinski definition) is 2. The SMILES string of the molecule is CCOCCN(CCCCc1ccc2c(n1)NCCC2)CCCC(=O)O. The highest BCUT2D eigenvalue weighted by Crippen LogP contribution is 2.20. The molecule has 1 aliphatic rings. The molecule has 2 rings (SSSR count). The van der Waals surface area contributed by atoms with E-state index in [0.29, 0.717) is 13.0 Å². The third-order valence-corrected chi connectivity index (χ3v) is 4.73. The molecular formula is C20H33N3O3. The summed E-state index contributed by atoms with van der Waals surface area (Å²) in [6.07, 6.45) is 6.41. The first kappa shape index (κ1) is 20.6. The largest absolute Gasteiger partial charge is 0.481 e. The van der Waals surface area contributed by atoms with Gasteiger partial charge in [-0.15, -0.1) is 0 Å². The van der Waals surface area contributed by atoms with E-state index in [9.17, 15) is 4.79 Å². The Morgan fingerprint density at radius 3 is 2.92 bits per heavy atom. The third kappa shape index (κ3) is 7.70. The number of nitrogens with one attached hydrogen (secondary N) is 1. The first-order valence-electron chi connectivity index (χ1n) is 9.93. The average Bonchev–Trinajstić information content (AvgIpc) is 2.64. The van der Waals surface area contributed by atoms with Crippen molar-refractivity contribution in [2.75, 3.05) is 44.7 Å². The summed E-state index contributed by atoms with van der Waals surface area (Å²) in [6.45, 7) is 7.12. The van der Waals surface area contributed by atoms with Gasteiger partial charge < -0.3 is 20.1 Å². The van der Waals surface area contributed by atoms with E-state index in [-0.39, 0.29) is 6.42 Å². The number of aryl methyl sites for hydroxylation is 2. The third-order valence-electron chi connectivity index (χ3n) is 4.73. The van der Waals surface area contributed by atoms with Crippen LogP contribution in [0.15, 0.2) is 12.1 Å². The van der Waals surface area contributed by atoms with Crippen molar-refractivity contribution in [3.05, 3.63) is 23.4 Å². The normalized spacial score (nSPS) is 13.5. The molecule has 0 saturated carbocycles. The Hall–Kier alpha value is -1.66.